The Labute approximate surface area is 236 Å². The number of carbonyl (C=O) groups is 1. The van der Waals surface area contributed by atoms with Gasteiger partial charge >= 0.3 is 0 Å². The third-order valence-electron chi connectivity index (χ3n) is 6.89. The molecule has 0 bridgehead atoms. The van der Waals surface area contributed by atoms with Gasteiger partial charge in [-0.25, -0.2) is 15.3 Å². The number of aryl methyl sites for hydroxylation is 1. The molecular weight excluding hydrogens is 520 g/mol. The summed E-state index contributed by atoms with van der Waals surface area (Å²) in [5.74, 6) is 12.7. The van der Waals surface area contributed by atoms with Crippen LogP contribution in [0.25, 0.3) is 11.7 Å². The number of amides is 1. The van der Waals surface area contributed by atoms with Crippen molar-refractivity contribution in [2.75, 3.05) is 4.90 Å². The van der Waals surface area contributed by atoms with Crippen LogP contribution in [-0.4, -0.2) is 41.3 Å². The van der Waals surface area contributed by atoms with E-state index >= 15 is 0 Å². The van der Waals surface area contributed by atoms with Gasteiger partial charge in [0.2, 0.25) is 0 Å². The average molecular weight is 547 g/mol. The van der Waals surface area contributed by atoms with Crippen LogP contribution in [0.1, 0.15) is 44.9 Å². The summed E-state index contributed by atoms with van der Waals surface area (Å²) in [6.45, 7) is 1.90. The van der Waals surface area contributed by atoms with Gasteiger partial charge in [0.05, 0.1) is 24.0 Å². The summed E-state index contributed by atoms with van der Waals surface area (Å²) in [6, 6.07) is 17.2. The Kier molecular flexibility index (Phi) is 6.59. The van der Waals surface area contributed by atoms with Gasteiger partial charge in [-0.15, -0.1) is 12.6 Å². The highest BCUT2D eigenvalue weighted by Crippen LogP contribution is 2.43. The van der Waals surface area contributed by atoms with Crippen molar-refractivity contribution in [2.45, 2.75) is 18.3 Å². The fraction of sp³-hybridized carbons (Fsp3) is 0.133. The van der Waals surface area contributed by atoms with Crippen molar-refractivity contribution >= 4 is 35.9 Å². The lowest BCUT2D eigenvalue weighted by Crippen LogP contribution is -2.49. The Bertz CT molecular complexity index is 1810. The van der Waals surface area contributed by atoms with Crippen molar-refractivity contribution in [3.8, 4) is 11.8 Å². The van der Waals surface area contributed by atoms with Gasteiger partial charge in [-0.1, -0.05) is 42.2 Å². The Hall–Kier alpha value is -4.85. The first kappa shape index (κ1) is 25.4. The summed E-state index contributed by atoms with van der Waals surface area (Å²) < 4.78 is 3.28. The van der Waals surface area contributed by atoms with Crippen molar-refractivity contribution in [2.24, 2.45) is 12.9 Å². The lowest BCUT2D eigenvalue weighted by molar-refractivity contribution is 0.0717. The molecule has 40 heavy (non-hydrogen) atoms. The summed E-state index contributed by atoms with van der Waals surface area (Å²) >= 11 is 5.12. The zero-order valence-electron chi connectivity index (χ0n) is 21.9. The van der Waals surface area contributed by atoms with E-state index in [2.05, 4.69) is 38.0 Å². The number of nitrogens with zero attached hydrogens (tertiary/aromatic N) is 7. The molecule has 4 heterocycles. The molecule has 1 aliphatic rings. The predicted octanol–water partition coefficient (Wildman–Crippen LogP) is 4.06. The summed E-state index contributed by atoms with van der Waals surface area (Å²) in [5.41, 5.74) is 6.14. The van der Waals surface area contributed by atoms with Gasteiger partial charge in [0.1, 0.15) is 10.9 Å². The van der Waals surface area contributed by atoms with Crippen LogP contribution < -0.4 is 10.7 Å². The number of benzene rings is 2. The lowest BCUT2D eigenvalue weighted by Gasteiger charge is -2.41. The number of para-hydroxylation sites is 1. The van der Waals surface area contributed by atoms with Gasteiger partial charge in [-0.3, -0.25) is 14.5 Å². The van der Waals surface area contributed by atoms with Gasteiger partial charge in [-0.05, 0) is 42.8 Å². The van der Waals surface area contributed by atoms with Crippen molar-refractivity contribution in [3.05, 3.63) is 119 Å². The minimum atomic E-state index is -0.515. The van der Waals surface area contributed by atoms with Crippen LogP contribution >= 0.6 is 12.6 Å². The normalized spacial score (nSPS) is 15.2. The molecule has 3 aromatic heterocycles. The maximum atomic E-state index is 13.6. The molecule has 0 fully saturated rings. The number of carbonyl (C=O) groups excluding carboxylic acids is 1. The van der Waals surface area contributed by atoms with Gasteiger partial charge in [-0.2, -0.15) is 10.2 Å². The Morgan fingerprint density at radius 1 is 1.07 bits per heavy atom. The van der Waals surface area contributed by atoms with Crippen molar-refractivity contribution in [1.82, 2.24) is 29.4 Å². The number of aromatic nitrogens is 5. The maximum Gasteiger partial charge on any atom is 0.273 e. The quantitative estimate of drug-likeness (QED) is 0.116. The van der Waals surface area contributed by atoms with Crippen LogP contribution in [0.3, 0.4) is 0 Å². The number of hydrogen-bond acceptors (Lipinski definition) is 7. The second kappa shape index (κ2) is 10.4. The zero-order valence-corrected chi connectivity index (χ0v) is 22.8. The number of hydrazine groups is 1. The zero-order chi connectivity index (χ0) is 27.8. The minimum absolute atomic E-state index is 0.327. The second-order valence-electron chi connectivity index (χ2n) is 9.44. The van der Waals surface area contributed by atoms with E-state index in [1.165, 1.54) is 11.2 Å². The molecule has 2 N–H and O–H groups in total. The topological polar surface area (TPSA) is 97.6 Å². The summed E-state index contributed by atoms with van der Waals surface area (Å²) in [4.78, 5) is 20.0. The van der Waals surface area contributed by atoms with Crippen molar-refractivity contribution < 1.29 is 4.79 Å². The number of thiol groups is 1. The molecule has 5 aromatic rings. The highest BCUT2D eigenvalue weighted by molar-refractivity contribution is 7.80. The van der Waals surface area contributed by atoms with Crippen LogP contribution in [0, 0.1) is 11.8 Å². The summed E-state index contributed by atoms with van der Waals surface area (Å²) in [5, 5.41) is 9.29. The van der Waals surface area contributed by atoms with E-state index in [1.807, 2.05) is 68.7 Å². The van der Waals surface area contributed by atoms with E-state index in [0.717, 1.165) is 33.6 Å². The van der Waals surface area contributed by atoms with Gasteiger partial charge in [0.15, 0.2) is 5.65 Å². The predicted molar refractivity (Wildman–Crippen MR) is 157 cm³/mol. The summed E-state index contributed by atoms with van der Waals surface area (Å²) in [6.07, 6.45) is 10.5. The first-order valence-corrected chi connectivity index (χ1v) is 13.2. The molecule has 10 heteroatoms. The SMILES string of the molecule is C[C@@H](C1=Cc2cccc(C#Cc3cnn(C)c3)c2[C@H](S)N1c1ccccc1)N(N)C(=O)c1cnn2cccnc12. The molecule has 0 aliphatic carbocycles. The second-order valence-corrected chi connectivity index (χ2v) is 9.93. The van der Waals surface area contributed by atoms with Gasteiger partial charge < -0.3 is 4.90 Å². The molecule has 6 rings (SSSR count). The molecule has 1 aliphatic heterocycles. The molecule has 198 valence electrons. The standard InChI is InChI=1S/C30H26N8OS/c1-20(38(31)29(39)25-18-34-36-15-7-14-32-28(25)36)26-16-23-9-6-8-22(13-12-21-17-33-35(2)19-21)27(23)30(40)37(26)24-10-4-3-5-11-24/h3-11,14-20,30,40H,31H2,1-2H3/t20-,30-/m0/s1. The number of nitrogens with two attached hydrogens (primary N) is 1. The third-order valence-corrected chi connectivity index (χ3v) is 7.38. The first-order valence-electron chi connectivity index (χ1n) is 12.7. The number of anilines is 1. The fourth-order valence-electron chi connectivity index (χ4n) is 4.87. The van der Waals surface area contributed by atoms with Crippen LogP contribution in [0.2, 0.25) is 0 Å². The summed E-state index contributed by atoms with van der Waals surface area (Å²) in [7, 11) is 1.86. The van der Waals surface area contributed by atoms with Crippen LogP contribution in [0.15, 0.2) is 91.3 Å². The Morgan fingerprint density at radius 3 is 2.67 bits per heavy atom. The van der Waals surface area contributed by atoms with Crippen LogP contribution in [0.5, 0.6) is 0 Å². The van der Waals surface area contributed by atoms with Gasteiger partial charge in [0.25, 0.3) is 5.91 Å². The van der Waals surface area contributed by atoms with E-state index in [4.69, 9.17) is 18.5 Å². The molecule has 9 nitrogen and oxygen atoms in total. The number of hydrogen-bond donors (Lipinski definition) is 2. The van der Waals surface area contributed by atoms with E-state index in [0.29, 0.717) is 11.2 Å². The van der Waals surface area contributed by atoms with Crippen LogP contribution in [-0.2, 0) is 7.05 Å². The van der Waals surface area contributed by atoms with Crippen LogP contribution in [0.4, 0.5) is 5.69 Å². The highest BCUT2D eigenvalue weighted by atomic mass is 32.1. The average Bonchev–Trinajstić information content (AvgIpc) is 3.61. The Balaban J connectivity index is 1.43. The molecule has 0 spiro atoms. The smallest absolute Gasteiger partial charge is 0.273 e. The van der Waals surface area contributed by atoms with E-state index < -0.39 is 6.04 Å². The molecule has 0 saturated heterocycles. The fourth-order valence-corrected chi connectivity index (χ4v) is 5.42. The Morgan fingerprint density at radius 2 is 1.90 bits per heavy atom. The van der Waals surface area contributed by atoms with Gasteiger partial charge in [0, 0.05) is 48.1 Å². The number of rotatable bonds is 4. The van der Waals surface area contributed by atoms with E-state index in [9.17, 15) is 4.79 Å². The molecule has 2 aromatic carbocycles. The first-order chi connectivity index (χ1) is 19.4. The number of fused-ring (bicyclic) bond motifs is 2. The monoisotopic (exact) mass is 546 g/mol. The molecule has 0 saturated carbocycles. The molecule has 0 radical (unpaired) electrons. The van der Waals surface area contributed by atoms with E-state index in [1.54, 1.807) is 33.9 Å². The van der Waals surface area contributed by atoms with Crippen molar-refractivity contribution in [3.63, 3.8) is 0 Å². The molecule has 2 atom stereocenters. The lowest BCUT2D eigenvalue weighted by atomic mass is 9.93. The molecule has 1 amide bonds. The molecule has 0 unspecified atom stereocenters. The maximum absolute atomic E-state index is 13.6. The third kappa shape index (κ3) is 4.51. The van der Waals surface area contributed by atoms with Crippen molar-refractivity contribution in [1.29, 1.82) is 0 Å². The molecular formula is C30H26N8OS. The largest absolute Gasteiger partial charge is 0.327 e. The highest BCUT2D eigenvalue weighted by Gasteiger charge is 2.35. The van der Waals surface area contributed by atoms with E-state index in [-0.39, 0.29) is 11.3 Å². The minimum Gasteiger partial charge on any atom is -0.327 e.